The summed E-state index contributed by atoms with van der Waals surface area (Å²) < 4.78 is 12.8. The number of rotatable bonds is 7. The summed E-state index contributed by atoms with van der Waals surface area (Å²) in [7, 11) is 0. The van der Waals surface area contributed by atoms with Gasteiger partial charge in [0.1, 0.15) is 22.3 Å². The largest absolute Gasteiger partial charge is 0.456 e. The van der Waals surface area contributed by atoms with Gasteiger partial charge in [-0.2, -0.15) is 0 Å². The standard InChI is InChI=1S/C62H39NO2/c1-2-12-41(13-3-1)51-20-10-21-54-57-38-44(30-37-59(57)65-62(51)54)40-24-31-46(32-25-40)63(47-33-26-42(27-34-47)50-19-11-23-60-61(50)55-18-8-9-22-58(55)64-60)48-35-28-43(29-36-48)56-39-45-14-4-5-15-49(45)52-16-6-7-17-53(52)56/h1-39H. The van der Waals surface area contributed by atoms with Crippen molar-refractivity contribution in [1.29, 1.82) is 0 Å². The van der Waals surface area contributed by atoms with Gasteiger partial charge in [0.25, 0.3) is 0 Å². The Hall–Kier alpha value is -8.66. The highest BCUT2D eigenvalue weighted by Gasteiger charge is 2.18. The predicted octanol–water partition coefficient (Wildman–Crippen LogP) is 17.9. The smallest absolute Gasteiger partial charge is 0.143 e. The van der Waals surface area contributed by atoms with E-state index >= 15 is 0 Å². The maximum absolute atomic E-state index is 6.51. The van der Waals surface area contributed by atoms with E-state index < -0.39 is 0 Å². The van der Waals surface area contributed by atoms with Gasteiger partial charge in [0.05, 0.1) is 0 Å². The maximum Gasteiger partial charge on any atom is 0.143 e. The summed E-state index contributed by atoms with van der Waals surface area (Å²) in [6.45, 7) is 0. The van der Waals surface area contributed by atoms with Crippen LogP contribution in [0.25, 0.3) is 110 Å². The number of hydrogen-bond acceptors (Lipinski definition) is 3. The molecule has 0 N–H and O–H groups in total. The number of fused-ring (bicyclic) bond motifs is 9. The third kappa shape index (κ3) is 6.20. The van der Waals surface area contributed by atoms with Gasteiger partial charge in [0, 0.05) is 44.2 Å². The van der Waals surface area contributed by atoms with Crippen LogP contribution in [-0.2, 0) is 0 Å². The van der Waals surface area contributed by atoms with Crippen LogP contribution in [0, 0.1) is 0 Å². The zero-order chi connectivity index (χ0) is 42.8. The Balaban J connectivity index is 0.901. The first kappa shape index (κ1) is 36.9. The topological polar surface area (TPSA) is 29.5 Å². The number of nitrogens with zero attached hydrogens (tertiary/aromatic N) is 1. The van der Waals surface area contributed by atoms with Crippen LogP contribution in [-0.4, -0.2) is 0 Å². The minimum atomic E-state index is 0.885. The second kappa shape index (κ2) is 15.0. The van der Waals surface area contributed by atoms with Gasteiger partial charge in [-0.15, -0.1) is 0 Å². The van der Waals surface area contributed by atoms with E-state index in [9.17, 15) is 0 Å². The molecule has 13 aromatic rings. The quantitative estimate of drug-likeness (QED) is 0.150. The van der Waals surface area contributed by atoms with E-state index in [1.165, 1.54) is 32.7 Å². The highest BCUT2D eigenvalue weighted by molar-refractivity contribution is 6.15. The van der Waals surface area contributed by atoms with Crippen LogP contribution in [0.15, 0.2) is 245 Å². The van der Waals surface area contributed by atoms with Crippen molar-refractivity contribution >= 4 is 82.5 Å². The van der Waals surface area contributed by atoms with E-state index in [-0.39, 0.29) is 0 Å². The molecule has 0 atom stereocenters. The van der Waals surface area contributed by atoms with E-state index in [2.05, 4.69) is 223 Å². The van der Waals surface area contributed by atoms with Crippen molar-refractivity contribution in [1.82, 2.24) is 0 Å². The van der Waals surface area contributed by atoms with E-state index in [0.717, 1.165) is 94.3 Å². The van der Waals surface area contributed by atoms with Crippen molar-refractivity contribution in [3.05, 3.63) is 237 Å². The van der Waals surface area contributed by atoms with Gasteiger partial charge in [-0.1, -0.05) is 170 Å². The molecule has 2 heterocycles. The molecule has 0 bridgehead atoms. The van der Waals surface area contributed by atoms with Crippen LogP contribution in [0.3, 0.4) is 0 Å². The van der Waals surface area contributed by atoms with E-state index in [1.807, 2.05) is 18.2 Å². The molecule has 0 radical (unpaired) electrons. The fraction of sp³-hybridized carbons (Fsp3) is 0. The summed E-state index contributed by atoms with van der Waals surface area (Å²) in [5.74, 6) is 0. The molecule has 13 rings (SSSR count). The molecule has 0 fully saturated rings. The van der Waals surface area contributed by atoms with Crippen molar-refractivity contribution in [2.24, 2.45) is 0 Å². The highest BCUT2D eigenvalue weighted by atomic mass is 16.3. The minimum absolute atomic E-state index is 0.885. The Labute approximate surface area is 375 Å². The van der Waals surface area contributed by atoms with Gasteiger partial charge in [-0.05, 0) is 127 Å². The van der Waals surface area contributed by atoms with Crippen LogP contribution in [0.5, 0.6) is 0 Å². The fourth-order valence-corrected chi connectivity index (χ4v) is 9.96. The summed E-state index contributed by atoms with van der Waals surface area (Å²) >= 11 is 0. The highest BCUT2D eigenvalue weighted by Crippen LogP contribution is 2.43. The lowest BCUT2D eigenvalue weighted by molar-refractivity contribution is 0.669. The predicted molar refractivity (Wildman–Crippen MR) is 272 cm³/mol. The minimum Gasteiger partial charge on any atom is -0.456 e. The van der Waals surface area contributed by atoms with E-state index in [0.29, 0.717) is 0 Å². The lowest BCUT2D eigenvalue weighted by atomic mass is 9.93. The number of anilines is 3. The van der Waals surface area contributed by atoms with Crippen LogP contribution in [0.4, 0.5) is 17.1 Å². The van der Waals surface area contributed by atoms with E-state index in [1.54, 1.807) is 0 Å². The first-order valence-electron chi connectivity index (χ1n) is 22.1. The van der Waals surface area contributed by atoms with Crippen LogP contribution < -0.4 is 4.90 Å². The average molecular weight is 830 g/mol. The van der Waals surface area contributed by atoms with Crippen molar-refractivity contribution in [2.75, 3.05) is 4.90 Å². The molecule has 0 spiro atoms. The third-order valence-electron chi connectivity index (χ3n) is 13.1. The van der Waals surface area contributed by atoms with Crippen molar-refractivity contribution in [3.63, 3.8) is 0 Å². The van der Waals surface area contributed by atoms with Crippen molar-refractivity contribution in [3.8, 4) is 44.5 Å². The van der Waals surface area contributed by atoms with Gasteiger partial charge in [-0.25, -0.2) is 0 Å². The molecule has 0 unspecified atom stereocenters. The molecular weight excluding hydrogens is 791 g/mol. The summed E-state index contributed by atoms with van der Waals surface area (Å²) in [5.41, 5.74) is 16.0. The molecule has 304 valence electrons. The molecular formula is C62H39NO2. The monoisotopic (exact) mass is 829 g/mol. The SMILES string of the molecule is c1ccc(-c2cccc3c2oc2ccc(-c4ccc(N(c5ccc(-c6cc7ccccc7c7ccccc67)cc5)c5ccc(-c6cccc7oc8ccccc8c67)cc5)cc4)cc23)cc1. The first-order valence-corrected chi connectivity index (χ1v) is 22.1. The zero-order valence-corrected chi connectivity index (χ0v) is 35.3. The first-order chi connectivity index (χ1) is 32.2. The molecule has 0 amide bonds. The number of hydrogen-bond donors (Lipinski definition) is 0. The van der Waals surface area contributed by atoms with Gasteiger partial charge in [0.2, 0.25) is 0 Å². The van der Waals surface area contributed by atoms with Crippen LogP contribution >= 0.6 is 0 Å². The lowest BCUT2D eigenvalue weighted by Gasteiger charge is -2.26. The second-order valence-electron chi connectivity index (χ2n) is 16.8. The number of para-hydroxylation sites is 2. The average Bonchev–Trinajstić information content (AvgIpc) is 3.96. The Morgan fingerprint density at radius 2 is 0.785 bits per heavy atom. The molecule has 3 heteroatoms. The van der Waals surface area contributed by atoms with E-state index in [4.69, 9.17) is 8.83 Å². The Morgan fingerprint density at radius 3 is 1.54 bits per heavy atom. The van der Waals surface area contributed by atoms with Crippen LogP contribution in [0.1, 0.15) is 0 Å². The molecule has 0 saturated heterocycles. The van der Waals surface area contributed by atoms with Crippen molar-refractivity contribution < 1.29 is 8.83 Å². The maximum atomic E-state index is 6.51. The Bertz CT molecular complexity index is 3920. The van der Waals surface area contributed by atoms with Gasteiger partial charge >= 0.3 is 0 Å². The number of benzene rings is 11. The normalized spacial score (nSPS) is 11.7. The van der Waals surface area contributed by atoms with Gasteiger partial charge in [0.15, 0.2) is 0 Å². The molecule has 0 saturated carbocycles. The van der Waals surface area contributed by atoms with Gasteiger partial charge < -0.3 is 13.7 Å². The van der Waals surface area contributed by atoms with Crippen molar-refractivity contribution in [2.45, 2.75) is 0 Å². The molecule has 0 aliphatic rings. The summed E-state index contributed by atoms with van der Waals surface area (Å²) in [6, 6.07) is 84.7. The molecule has 11 aromatic carbocycles. The fourth-order valence-electron chi connectivity index (χ4n) is 9.96. The number of furan rings is 2. The van der Waals surface area contributed by atoms with Gasteiger partial charge in [-0.3, -0.25) is 0 Å². The Morgan fingerprint density at radius 1 is 0.262 bits per heavy atom. The van der Waals surface area contributed by atoms with Crippen LogP contribution in [0.2, 0.25) is 0 Å². The summed E-state index contributed by atoms with van der Waals surface area (Å²) in [5, 5.41) is 9.52. The zero-order valence-electron chi connectivity index (χ0n) is 35.3. The molecule has 0 aliphatic carbocycles. The summed E-state index contributed by atoms with van der Waals surface area (Å²) in [6.07, 6.45) is 0. The molecule has 2 aromatic heterocycles. The molecule has 65 heavy (non-hydrogen) atoms. The Kier molecular flexibility index (Phi) is 8.53. The molecule has 3 nitrogen and oxygen atoms in total. The second-order valence-corrected chi connectivity index (χ2v) is 16.8. The third-order valence-corrected chi connectivity index (χ3v) is 13.1. The summed E-state index contributed by atoms with van der Waals surface area (Å²) in [4.78, 5) is 2.35. The molecule has 0 aliphatic heterocycles. The lowest BCUT2D eigenvalue weighted by Crippen LogP contribution is -2.09.